The van der Waals surface area contributed by atoms with E-state index in [0.29, 0.717) is 12.8 Å². The number of ether oxygens (including phenoxy) is 1. The highest BCUT2D eigenvalue weighted by Crippen LogP contribution is 2.07. The van der Waals surface area contributed by atoms with Crippen molar-refractivity contribution in [2.75, 3.05) is 7.05 Å². The standard InChI is InChI=1S/C5H7NO2.C4H4O3/c1-6-4(7)2-3-5(6)8;5-3-1-2-4(6)7-3/h2-3H2,1H3;1-2H2. The molecule has 2 rings (SSSR count). The molecule has 0 N–H and O–H groups in total. The molecule has 0 aromatic rings. The lowest BCUT2D eigenvalue weighted by atomic mass is 10.4. The average Bonchev–Trinajstić information content (AvgIpc) is 2.68. The van der Waals surface area contributed by atoms with E-state index >= 15 is 0 Å². The summed E-state index contributed by atoms with van der Waals surface area (Å²) in [4.78, 5) is 42.2. The molecule has 2 fully saturated rings. The number of likely N-dealkylation sites (tertiary alicyclic amines) is 1. The molecule has 6 heteroatoms. The van der Waals surface area contributed by atoms with Crippen molar-refractivity contribution in [2.24, 2.45) is 0 Å². The summed E-state index contributed by atoms with van der Waals surface area (Å²) in [5, 5.41) is 0. The van der Waals surface area contributed by atoms with Crippen LogP contribution in [0.3, 0.4) is 0 Å². The molecule has 2 aliphatic rings. The van der Waals surface area contributed by atoms with Crippen molar-refractivity contribution in [2.45, 2.75) is 25.7 Å². The maximum absolute atomic E-state index is 10.5. The normalized spacial score (nSPS) is 20.2. The van der Waals surface area contributed by atoms with Gasteiger partial charge in [-0.15, -0.1) is 0 Å². The van der Waals surface area contributed by atoms with Crippen LogP contribution in [-0.2, 0) is 23.9 Å². The Morgan fingerprint density at radius 1 is 0.867 bits per heavy atom. The highest BCUT2D eigenvalue weighted by molar-refractivity contribution is 6.01. The Kier molecular flexibility index (Phi) is 3.54. The van der Waals surface area contributed by atoms with Gasteiger partial charge in [0.1, 0.15) is 0 Å². The highest BCUT2D eigenvalue weighted by Gasteiger charge is 2.24. The molecule has 0 atom stereocenters. The van der Waals surface area contributed by atoms with Gasteiger partial charge in [0.15, 0.2) is 0 Å². The summed E-state index contributed by atoms with van der Waals surface area (Å²) >= 11 is 0. The largest absolute Gasteiger partial charge is 0.393 e. The molecular formula is C9H11NO5. The molecule has 2 heterocycles. The molecule has 82 valence electrons. The lowest BCUT2D eigenvalue weighted by Crippen LogP contribution is -2.23. The first-order chi connectivity index (χ1) is 7.00. The van der Waals surface area contributed by atoms with E-state index in [2.05, 4.69) is 4.74 Å². The van der Waals surface area contributed by atoms with E-state index < -0.39 is 11.9 Å². The van der Waals surface area contributed by atoms with Crippen LogP contribution in [0.4, 0.5) is 0 Å². The number of cyclic esters (lactones) is 2. The lowest BCUT2D eigenvalue weighted by Gasteiger charge is -2.01. The fourth-order valence-corrected chi connectivity index (χ4v) is 1.12. The smallest absolute Gasteiger partial charge is 0.314 e. The van der Waals surface area contributed by atoms with E-state index in [1.807, 2.05) is 0 Å². The van der Waals surface area contributed by atoms with E-state index in [1.54, 1.807) is 0 Å². The molecule has 0 bridgehead atoms. The van der Waals surface area contributed by atoms with Crippen LogP contribution < -0.4 is 0 Å². The molecule has 6 nitrogen and oxygen atoms in total. The zero-order valence-corrected chi connectivity index (χ0v) is 8.32. The van der Waals surface area contributed by atoms with Gasteiger partial charge in [0.2, 0.25) is 11.8 Å². The van der Waals surface area contributed by atoms with E-state index in [1.165, 1.54) is 11.9 Å². The Bertz CT molecular complexity index is 292. The maximum Gasteiger partial charge on any atom is 0.314 e. The van der Waals surface area contributed by atoms with Crippen molar-refractivity contribution in [3.63, 3.8) is 0 Å². The first-order valence-corrected chi connectivity index (χ1v) is 4.53. The van der Waals surface area contributed by atoms with Crippen LogP contribution in [-0.4, -0.2) is 35.7 Å². The third kappa shape index (κ3) is 3.16. The molecule has 15 heavy (non-hydrogen) atoms. The third-order valence-electron chi connectivity index (χ3n) is 2.06. The van der Waals surface area contributed by atoms with Crippen LogP contribution in [0.25, 0.3) is 0 Å². The van der Waals surface area contributed by atoms with Crippen molar-refractivity contribution in [3.8, 4) is 0 Å². The summed E-state index contributed by atoms with van der Waals surface area (Å²) in [5.74, 6) is -0.917. The van der Waals surface area contributed by atoms with Gasteiger partial charge in [-0.2, -0.15) is 0 Å². The average molecular weight is 213 g/mol. The zero-order chi connectivity index (χ0) is 11.4. The summed E-state index contributed by atoms with van der Waals surface area (Å²) in [5.41, 5.74) is 0. The van der Waals surface area contributed by atoms with E-state index in [4.69, 9.17) is 0 Å². The molecule has 2 amide bonds. The summed E-state index contributed by atoms with van der Waals surface area (Å²) in [6.45, 7) is 0. The Hall–Kier alpha value is -1.72. The quantitative estimate of drug-likeness (QED) is 0.311. The van der Waals surface area contributed by atoms with Gasteiger partial charge < -0.3 is 4.74 Å². The first kappa shape index (κ1) is 11.4. The van der Waals surface area contributed by atoms with Gasteiger partial charge in [-0.05, 0) is 0 Å². The summed E-state index contributed by atoms with van der Waals surface area (Å²) in [7, 11) is 1.51. The van der Waals surface area contributed by atoms with Crippen LogP contribution in [0.5, 0.6) is 0 Å². The number of carbonyl (C=O) groups is 4. The fraction of sp³-hybridized carbons (Fsp3) is 0.556. The lowest BCUT2D eigenvalue weighted by molar-refractivity contribution is -0.152. The van der Waals surface area contributed by atoms with Gasteiger partial charge in [0.25, 0.3) is 0 Å². The second kappa shape index (κ2) is 4.68. The second-order valence-electron chi connectivity index (χ2n) is 3.19. The molecule has 2 aliphatic heterocycles. The third-order valence-corrected chi connectivity index (χ3v) is 2.06. The Morgan fingerprint density at radius 2 is 1.27 bits per heavy atom. The topological polar surface area (TPSA) is 80.8 Å². The summed E-state index contributed by atoms with van der Waals surface area (Å²) in [6, 6.07) is 0. The van der Waals surface area contributed by atoms with Gasteiger partial charge in [0, 0.05) is 19.9 Å². The summed E-state index contributed by atoms with van der Waals surface area (Å²) in [6.07, 6.45) is 1.32. The van der Waals surface area contributed by atoms with Gasteiger partial charge in [-0.25, -0.2) is 0 Å². The predicted molar refractivity (Wildman–Crippen MR) is 47.3 cm³/mol. The minimum Gasteiger partial charge on any atom is -0.393 e. The molecule has 0 saturated carbocycles. The van der Waals surface area contributed by atoms with Crippen LogP contribution >= 0.6 is 0 Å². The van der Waals surface area contributed by atoms with Crippen molar-refractivity contribution < 1.29 is 23.9 Å². The maximum atomic E-state index is 10.5. The van der Waals surface area contributed by atoms with Crippen molar-refractivity contribution in [1.29, 1.82) is 0 Å². The fourth-order valence-electron chi connectivity index (χ4n) is 1.12. The van der Waals surface area contributed by atoms with Gasteiger partial charge in [-0.3, -0.25) is 24.1 Å². The van der Waals surface area contributed by atoms with Gasteiger partial charge >= 0.3 is 11.9 Å². The van der Waals surface area contributed by atoms with E-state index in [9.17, 15) is 19.2 Å². The monoisotopic (exact) mass is 213 g/mol. The SMILES string of the molecule is CN1C(=O)CCC1=O.O=C1CCC(=O)O1. The van der Waals surface area contributed by atoms with Crippen LogP contribution in [0.1, 0.15) is 25.7 Å². The first-order valence-electron chi connectivity index (χ1n) is 4.53. The van der Waals surface area contributed by atoms with Crippen molar-refractivity contribution >= 4 is 23.8 Å². The van der Waals surface area contributed by atoms with E-state index in [0.717, 1.165) is 0 Å². The number of esters is 2. The Morgan fingerprint density at radius 3 is 1.40 bits per heavy atom. The van der Waals surface area contributed by atoms with Crippen LogP contribution in [0.2, 0.25) is 0 Å². The number of amides is 2. The van der Waals surface area contributed by atoms with Crippen LogP contribution in [0.15, 0.2) is 0 Å². The zero-order valence-electron chi connectivity index (χ0n) is 8.32. The molecule has 0 unspecified atom stereocenters. The second-order valence-corrected chi connectivity index (χ2v) is 3.19. The van der Waals surface area contributed by atoms with Gasteiger partial charge in [0.05, 0.1) is 12.8 Å². The van der Waals surface area contributed by atoms with Crippen molar-refractivity contribution in [1.82, 2.24) is 4.90 Å². The number of hydrogen-bond donors (Lipinski definition) is 0. The number of hydrogen-bond acceptors (Lipinski definition) is 5. The van der Waals surface area contributed by atoms with Gasteiger partial charge in [-0.1, -0.05) is 0 Å². The minimum absolute atomic E-state index is 0.0602. The molecule has 2 saturated heterocycles. The molecule has 0 aliphatic carbocycles. The van der Waals surface area contributed by atoms with E-state index in [-0.39, 0.29) is 24.7 Å². The molecule has 0 aromatic heterocycles. The highest BCUT2D eigenvalue weighted by atomic mass is 16.6. The number of imide groups is 1. The minimum atomic E-state index is -0.398. The Labute approximate surface area is 86.2 Å². The molecule has 0 radical (unpaired) electrons. The summed E-state index contributed by atoms with van der Waals surface area (Å²) < 4.78 is 4.08. The van der Waals surface area contributed by atoms with Crippen molar-refractivity contribution in [3.05, 3.63) is 0 Å². The molecule has 0 aromatic carbocycles. The molecule has 0 spiro atoms. The predicted octanol–water partition coefficient (Wildman–Crippen LogP) is -0.385. The number of carbonyl (C=O) groups excluding carboxylic acids is 4. The van der Waals surface area contributed by atoms with Crippen LogP contribution in [0, 0.1) is 0 Å². The number of nitrogens with zero attached hydrogens (tertiary/aromatic N) is 1. The Balaban J connectivity index is 0.000000151. The number of rotatable bonds is 0. The molecular weight excluding hydrogens is 202 g/mol.